The molecule has 172 valence electrons. The summed E-state index contributed by atoms with van der Waals surface area (Å²) >= 11 is 16.0. The summed E-state index contributed by atoms with van der Waals surface area (Å²) in [6.07, 6.45) is 5.02. The van der Waals surface area contributed by atoms with Gasteiger partial charge in [-0.2, -0.15) is 10.2 Å². The topological polar surface area (TPSA) is 108 Å². The van der Waals surface area contributed by atoms with Gasteiger partial charge in [0, 0.05) is 40.6 Å². The summed E-state index contributed by atoms with van der Waals surface area (Å²) in [6, 6.07) is 8.64. The van der Waals surface area contributed by atoms with E-state index in [0.29, 0.717) is 39.2 Å². The normalized spacial score (nSPS) is 11.3. The summed E-state index contributed by atoms with van der Waals surface area (Å²) in [5.41, 5.74) is 2.78. The maximum Gasteiger partial charge on any atom is 0.278 e. The van der Waals surface area contributed by atoms with Crippen LogP contribution in [0.15, 0.2) is 53.5 Å². The zero-order valence-electron chi connectivity index (χ0n) is 17.7. The third kappa shape index (κ3) is 4.29. The minimum Gasteiger partial charge on any atom is -0.288 e. The van der Waals surface area contributed by atoms with Crippen molar-refractivity contribution < 1.29 is 4.79 Å². The third-order valence-electron chi connectivity index (χ3n) is 5.02. The molecule has 4 heterocycles. The Kier molecular flexibility index (Phi) is 6.07. The molecular weight excluding hydrogens is 545 g/mol. The molecule has 0 aliphatic heterocycles. The highest BCUT2D eigenvalue weighted by Crippen LogP contribution is 2.27. The first-order valence-electron chi connectivity index (χ1n) is 10.1. The number of nitrogens with one attached hydrogen (secondary N) is 1. The Morgan fingerprint density at radius 2 is 1.88 bits per heavy atom. The number of halogens is 3. The molecule has 0 bridgehead atoms. The number of hydrogen-bond acceptors (Lipinski definition) is 6. The molecule has 0 spiro atoms. The van der Waals surface area contributed by atoms with Crippen LogP contribution in [0.4, 0.5) is 5.95 Å². The standard InChI is InChI=1S/C21H16BrCl2N9O/c1-2-31-10-13(22)19(29-31)17-6-7-25-18-8-16(28-33(17)18)20(34)27-21-26-11-32(30-21)9-12-14(23)4-3-5-15(12)24/h3-8,10-11H,2,9H2,1H3,(H,27,30,34). The lowest BCUT2D eigenvalue weighted by atomic mass is 10.2. The number of amides is 1. The Morgan fingerprint density at radius 1 is 1.09 bits per heavy atom. The highest BCUT2D eigenvalue weighted by Gasteiger charge is 2.18. The average molecular weight is 561 g/mol. The van der Waals surface area contributed by atoms with Gasteiger partial charge in [0.25, 0.3) is 5.91 Å². The number of carbonyl (C=O) groups is 1. The van der Waals surface area contributed by atoms with Crippen molar-refractivity contribution in [2.75, 3.05) is 5.32 Å². The molecule has 1 N–H and O–H groups in total. The summed E-state index contributed by atoms with van der Waals surface area (Å²) in [5, 5.41) is 17.0. The first-order valence-corrected chi connectivity index (χ1v) is 11.7. The van der Waals surface area contributed by atoms with Crippen LogP contribution in [0.3, 0.4) is 0 Å². The predicted octanol–water partition coefficient (Wildman–Crippen LogP) is 4.57. The van der Waals surface area contributed by atoms with Crippen molar-refractivity contribution in [3.63, 3.8) is 0 Å². The first kappa shape index (κ1) is 22.5. The Morgan fingerprint density at radius 3 is 2.62 bits per heavy atom. The second-order valence-electron chi connectivity index (χ2n) is 7.23. The SMILES string of the molecule is CCn1cc(Br)c(-c2ccnc3cc(C(=O)Nc4ncn(Cc5c(Cl)cccc5Cl)n4)nn23)n1. The molecule has 1 amide bonds. The number of fused-ring (bicyclic) bond motifs is 1. The Balaban J connectivity index is 1.38. The molecule has 10 nitrogen and oxygen atoms in total. The van der Waals surface area contributed by atoms with Crippen molar-refractivity contribution in [3.05, 3.63) is 74.8 Å². The van der Waals surface area contributed by atoms with Gasteiger partial charge in [0.1, 0.15) is 12.0 Å². The number of hydrogen-bond donors (Lipinski definition) is 1. The van der Waals surface area contributed by atoms with Crippen LogP contribution in [-0.4, -0.2) is 45.1 Å². The van der Waals surface area contributed by atoms with Crippen LogP contribution in [0.5, 0.6) is 0 Å². The zero-order chi connectivity index (χ0) is 23.8. The van der Waals surface area contributed by atoms with E-state index in [0.717, 1.165) is 11.0 Å². The van der Waals surface area contributed by atoms with E-state index in [1.807, 2.05) is 13.1 Å². The molecule has 13 heteroatoms. The molecule has 0 atom stereocenters. The molecule has 0 unspecified atom stereocenters. The monoisotopic (exact) mass is 559 g/mol. The number of carbonyl (C=O) groups excluding carboxylic acids is 1. The number of nitrogens with zero attached hydrogens (tertiary/aromatic N) is 8. The van der Waals surface area contributed by atoms with Crippen LogP contribution < -0.4 is 5.32 Å². The van der Waals surface area contributed by atoms with Crippen LogP contribution in [0.25, 0.3) is 17.0 Å². The quantitative estimate of drug-likeness (QED) is 0.326. The van der Waals surface area contributed by atoms with Crippen LogP contribution in [0.2, 0.25) is 10.0 Å². The summed E-state index contributed by atoms with van der Waals surface area (Å²) < 4.78 is 5.73. The fourth-order valence-electron chi connectivity index (χ4n) is 3.36. The maximum absolute atomic E-state index is 12.8. The van der Waals surface area contributed by atoms with E-state index < -0.39 is 5.91 Å². The van der Waals surface area contributed by atoms with Crippen LogP contribution in [0.1, 0.15) is 23.0 Å². The second kappa shape index (κ2) is 9.16. The largest absolute Gasteiger partial charge is 0.288 e. The minimum absolute atomic E-state index is 0.128. The lowest BCUT2D eigenvalue weighted by molar-refractivity contribution is 0.102. The van der Waals surface area contributed by atoms with E-state index >= 15 is 0 Å². The fraction of sp³-hybridized carbons (Fsp3) is 0.143. The lowest BCUT2D eigenvalue weighted by Crippen LogP contribution is -2.14. The molecule has 34 heavy (non-hydrogen) atoms. The maximum atomic E-state index is 12.8. The van der Waals surface area contributed by atoms with Gasteiger partial charge in [-0.25, -0.2) is 19.2 Å². The van der Waals surface area contributed by atoms with Crippen LogP contribution >= 0.6 is 39.1 Å². The smallest absolute Gasteiger partial charge is 0.278 e. The molecule has 5 rings (SSSR count). The number of rotatable bonds is 6. The molecule has 0 aliphatic rings. The van der Waals surface area contributed by atoms with E-state index in [-0.39, 0.29) is 11.6 Å². The van der Waals surface area contributed by atoms with E-state index in [1.165, 1.54) is 11.0 Å². The van der Waals surface area contributed by atoms with Gasteiger partial charge in [-0.3, -0.25) is 14.8 Å². The predicted molar refractivity (Wildman–Crippen MR) is 131 cm³/mol. The summed E-state index contributed by atoms with van der Waals surface area (Å²) in [7, 11) is 0. The van der Waals surface area contributed by atoms with Crippen molar-refractivity contribution in [1.29, 1.82) is 0 Å². The number of aryl methyl sites for hydroxylation is 1. The van der Waals surface area contributed by atoms with E-state index in [4.69, 9.17) is 23.2 Å². The van der Waals surface area contributed by atoms with Gasteiger partial charge < -0.3 is 0 Å². The van der Waals surface area contributed by atoms with E-state index in [1.54, 1.807) is 45.7 Å². The first-order chi connectivity index (χ1) is 16.4. The summed E-state index contributed by atoms with van der Waals surface area (Å²) in [4.78, 5) is 21.3. The molecule has 0 fully saturated rings. The number of aromatic nitrogens is 8. The van der Waals surface area contributed by atoms with Crippen molar-refractivity contribution >= 4 is 56.6 Å². The molecular formula is C21H16BrCl2N9O. The highest BCUT2D eigenvalue weighted by molar-refractivity contribution is 9.10. The van der Waals surface area contributed by atoms with Crippen molar-refractivity contribution in [2.45, 2.75) is 20.0 Å². The van der Waals surface area contributed by atoms with Crippen molar-refractivity contribution in [3.8, 4) is 11.4 Å². The van der Waals surface area contributed by atoms with Gasteiger partial charge in [-0.15, -0.1) is 5.10 Å². The number of anilines is 1. The Bertz CT molecular complexity index is 1500. The molecule has 0 saturated carbocycles. The van der Waals surface area contributed by atoms with E-state index in [2.05, 4.69) is 46.5 Å². The molecule has 0 saturated heterocycles. The van der Waals surface area contributed by atoms with Gasteiger partial charge in [-0.1, -0.05) is 29.3 Å². The highest BCUT2D eigenvalue weighted by atomic mass is 79.9. The molecule has 0 aliphatic carbocycles. The lowest BCUT2D eigenvalue weighted by Gasteiger charge is -2.06. The van der Waals surface area contributed by atoms with Gasteiger partial charge in [-0.05, 0) is 41.1 Å². The third-order valence-corrected chi connectivity index (χ3v) is 6.31. The second-order valence-corrected chi connectivity index (χ2v) is 8.90. The average Bonchev–Trinajstić information content (AvgIpc) is 3.54. The van der Waals surface area contributed by atoms with Crippen molar-refractivity contribution in [1.82, 2.24) is 39.1 Å². The molecule has 1 aromatic carbocycles. The van der Waals surface area contributed by atoms with Gasteiger partial charge in [0.15, 0.2) is 11.3 Å². The minimum atomic E-state index is -0.469. The fourth-order valence-corrected chi connectivity index (χ4v) is 4.39. The summed E-state index contributed by atoms with van der Waals surface area (Å²) in [5.74, 6) is -0.342. The molecule has 4 aromatic heterocycles. The Labute approximate surface area is 211 Å². The molecule has 5 aromatic rings. The van der Waals surface area contributed by atoms with Gasteiger partial charge in [0.2, 0.25) is 5.95 Å². The number of benzene rings is 1. The van der Waals surface area contributed by atoms with E-state index in [9.17, 15) is 4.79 Å². The zero-order valence-corrected chi connectivity index (χ0v) is 20.8. The van der Waals surface area contributed by atoms with Crippen LogP contribution in [0, 0.1) is 0 Å². The van der Waals surface area contributed by atoms with Gasteiger partial charge >= 0.3 is 0 Å². The van der Waals surface area contributed by atoms with Crippen LogP contribution in [-0.2, 0) is 13.1 Å². The molecule has 0 radical (unpaired) electrons. The van der Waals surface area contributed by atoms with Gasteiger partial charge in [0.05, 0.1) is 16.7 Å². The van der Waals surface area contributed by atoms with Crippen molar-refractivity contribution in [2.24, 2.45) is 0 Å². The summed E-state index contributed by atoms with van der Waals surface area (Å²) in [6.45, 7) is 3.03. The Hall–Kier alpha value is -3.28.